The topological polar surface area (TPSA) is 76.4 Å². The number of halogens is 2. The third-order valence-corrected chi connectivity index (χ3v) is 6.96. The first-order valence-electron chi connectivity index (χ1n) is 9.47. The molecule has 0 aliphatic heterocycles. The van der Waals surface area contributed by atoms with E-state index in [9.17, 15) is 8.42 Å². The number of benzene rings is 1. The molecule has 0 aliphatic rings. The normalized spacial score (nSPS) is 12.3. The van der Waals surface area contributed by atoms with Gasteiger partial charge in [0.1, 0.15) is 5.82 Å². The van der Waals surface area contributed by atoms with E-state index >= 15 is 0 Å². The maximum atomic E-state index is 13.0. The van der Waals surface area contributed by atoms with E-state index in [1.165, 1.54) is 4.52 Å². The van der Waals surface area contributed by atoms with Crippen LogP contribution in [0.5, 0.6) is 0 Å². The first-order valence-corrected chi connectivity index (χ1v) is 12.1. The molecule has 1 N–H and O–H groups in total. The molecule has 0 radical (unpaired) electrons. The second-order valence-electron chi connectivity index (χ2n) is 8.16. The Kier molecular flexibility index (Phi) is 5.57. The minimum atomic E-state index is -3.82. The summed E-state index contributed by atoms with van der Waals surface area (Å²) in [5, 5.41) is 5.01. The Bertz CT molecular complexity index is 1380. The lowest BCUT2D eigenvalue weighted by molar-refractivity contribution is 0.587. The van der Waals surface area contributed by atoms with Crippen LogP contribution in [0.15, 0.2) is 70.3 Å². The van der Waals surface area contributed by atoms with Crippen LogP contribution in [0.1, 0.15) is 26.3 Å². The summed E-state index contributed by atoms with van der Waals surface area (Å²) >= 11 is 9.75. The van der Waals surface area contributed by atoms with Gasteiger partial charge in [0.05, 0.1) is 21.1 Å². The zero-order chi connectivity index (χ0) is 22.4. The largest absolute Gasteiger partial charge is 0.263 e. The van der Waals surface area contributed by atoms with Crippen LogP contribution < -0.4 is 4.72 Å². The minimum Gasteiger partial charge on any atom is -0.263 e. The van der Waals surface area contributed by atoms with E-state index in [0.29, 0.717) is 16.2 Å². The summed E-state index contributed by atoms with van der Waals surface area (Å²) in [5.41, 5.74) is 2.97. The number of hydrogen-bond donors (Lipinski definition) is 1. The van der Waals surface area contributed by atoms with Crippen LogP contribution in [0.25, 0.3) is 16.8 Å². The average molecular weight is 520 g/mol. The molecule has 0 spiro atoms. The van der Waals surface area contributed by atoms with E-state index in [-0.39, 0.29) is 16.1 Å². The minimum absolute atomic E-state index is 0.0647. The SMILES string of the molecule is CC(C)(C)c1ccc(S(=O)(=O)Nc2ccc(Cl)c3cc(-c4cncc(Br)c4)nn23)cc1. The summed E-state index contributed by atoms with van der Waals surface area (Å²) in [6.45, 7) is 6.24. The third kappa shape index (κ3) is 4.46. The van der Waals surface area contributed by atoms with Gasteiger partial charge in [0.25, 0.3) is 10.0 Å². The number of nitrogens with zero attached hydrogens (tertiary/aromatic N) is 3. The summed E-state index contributed by atoms with van der Waals surface area (Å²) in [6, 6.07) is 13.8. The molecule has 0 unspecified atom stereocenters. The van der Waals surface area contributed by atoms with Crippen LogP contribution in [-0.2, 0) is 15.4 Å². The highest BCUT2D eigenvalue weighted by Gasteiger charge is 2.20. The van der Waals surface area contributed by atoms with Crippen molar-refractivity contribution >= 4 is 48.9 Å². The van der Waals surface area contributed by atoms with E-state index < -0.39 is 10.0 Å². The number of rotatable bonds is 4. The highest BCUT2D eigenvalue weighted by Crippen LogP contribution is 2.29. The predicted molar refractivity (Wildman–Crippen MR) is 127 cm³/mol. The molecule has 3 heterocycles. The van der Waals surface area contributed by atoms with Gasteiger partial charge in [-0.05, 0) is 63.3 Å². The van der Waals surface area contributed by atoms with Crippen LogP contribution in [0.2, 0.25) is 5.02 Å². The zero-order valence-electron chi connectivity index (χ0n) is 17.1. The molecular formula is C22H20BrClN4O2S. The fraction of sp³-hybridized carbons (Fsp3) is 0.182. The van der Waals surface area contributed by atoms with Crippen molar-refractivity contribution in [3.05, 3.63) is 76.0 Å². The monoisotopic (exact) mass is 518 g/mol. The van der Waals surface area contributed by atoms with Crippen molar-refractivity contribution in [2.24, 2.45) is 0 Å². The van der Waals surface area contributed by atoms with Gasteiger partial charge in [0.2, 0.25) is 0 Å². The smallest absolute Gasteiger partial charge is 0.263 e. The van der Waals surface area contributed by atoms with E-state index in [1.807, 2.05) is 18.2 Å². The molecule has 1 aromatic carbocycles. The van der Waals surface area contributed by atoms with Crippen molar-refractivity contribution in [3.8, 4) is 11.3 Å². The fourth-order valence-corrected chi connectivity index (χ4v) is 4.75. The van der Waals surface area contributed by atoms with Gasteiger partial charge >= 0.3 is 0 Å². The molecule has 0 amide bonds. The van der Waals surface area contributed by atoms with Gasteiger partial charge in [-0.15, -0.1) is 0 Å². The van der Waals surface area contributed by atoms with Crippen LogP contribution in [0, 0.1) is 0 Å². The molecule has 31 heavy (non-hydrogen) atoms. The van der Waals surface area contributed by atoms with E-state index in [1.54, 1.807) is 42.7 Å². The summed E-state index contributed by atoms with van der Waals surface area (Å²) < 4.78 is 30.9. The number of anilines is 1. The van der Waals surface area contributed by atoms with Gasteiger partial charge in [0.15, 0.2) is 0 Å². The van der Waals surface area contributed by atoms with Crippen molar-refractivity contribution < 1.29 is 8.42 Å². The van der Waals surface area contributed by atoms with Crippen molar-refractivity contribution in [1.29, 1.82) is 0 Å². The molecule has 4 rings (SSSR count). The Morgan fingerprint density at radius 1 is 1.03 bits per heavy atom. The number of aromatic nitrogens is 3. The van der Waals surface area contributed by atoms with Gasteiger partial charge in [-0.2, -0.15) is 5.10 Å². The van der Waals surface area contributed by atoms with Crippen LogP contribution in [0.3, 0.4) is 0 Å². The van der Waals surface area contributed by atoms with Gasteiger partial charge < -0.3 is 0 Å². The summed E-state index contributed by atoms with van der Waals surface area (Å²) in [4.78, 5) is 4.33. The number of pyridine rings is 2. The Morgan fingerprint density at radius 3 is 2.39 bits per heavy atom. The molecule has 4 aromatic rings. The van der Waals surface area contributed by atoms with Gasteiger partial charge in [0, 0.05) is 22.4 Å². The van der Waals surface area contributed by atoms with Crippen molar-refractivity contribution in [2.75, 3.05) is 4.72 Å². The van der Waals surface area contributed by atoms with Gasteiger partial charge in [-0.3, -0.25) is 9.71 Å². The zero-order valence-corrected chi connectivity index (χ0v) is 20.3. The maximum Gasteiger partial charge on any atom is 0.263 e. The summed E-state index contributed by atoms with van der Waals surface area (Å²) in [7, 11) is -3.82. The Morgan fingerprint density at radius 2 is 1.74 bits per heavy atom. The molecular weight excluding hydrogens is 500 g/mol. The molecule has 6 nitrogen and oxygen atoms in total. The molecule has 0 fully saturated rings. The lowest BCUT2D eigenvalue weighted by Crippen LogP contribution is -2.16. The van der Waals surface area contributed by atoms with E-state index in [0.717, 1.165) is 15.6 Å². The molecule has 160 valence electrons. The standard InChI is InChI=1S/C22H20BrClN4O2S/c1-22(2,3)15-4-6-17(7-5-15)31(29,30)27-21-9-8-18(24)20-11-19(26-28(20)21)14-10-16(23)13-25-12-14/h4-13,27H,1-3H3. The number of sulfonamides is 1. The maximum absolute atomic E-state index is 13.0. The van der Waals surface area contributed by atoms with Crippen LogP contribution in [0.4, 0.5) is 5.82 Å². The van der Waals surface area contributed by atoms with E-state index in [2.05, 4.69) is 51.5 Å². The number of fused-ring (bicyclic) bond motifs is 1. The first-order chi connectivity index (χ1) is 14.5. The summed E-state index contributed by atoms with van der Waals surface area (Å²) in [5.74, 6) is 0.286. The fourth-order valence-electron chi connectivity index (χ4n) is 3.14. The molecule has 0 bridgehead atoms. The molecule has 0 aliphatic carbocycles. The highest BCUT2D eigenvalue weighted by molar-refractivity contribution is 9.10. The predicted octanol–water partition coefficient (Wildman–Crippen LogP) is 5.91. The second-order valence-corrected chi connectivity index (χ2v) is 11.2. The van der Waals surface area contributed by atoms with Crippen LogP contribution in [-0.4, -0.2) is 23.0 Å². The number of hydrogen-bond acceptors (Lipinski definition) is 4. The lowest BCUT2D eigenvalue weighted by Gasteiger charge is -2.19. The molecule has 3 aromatic heterocycles. The average Bonchev–Trinajstić information content (AvgIpc) is 3.16. The second kappa shape index (κ2) is 7.93. The Hall–Kier alpha value is -2.42. The third-order valence-electron chi connectivity index (χ3n) is 4.84. The Balaban J connectivity index is 1.73. The molecule has 0 saturated heterocycles. The van der Waals surface area contributed by atoms with E-state index in [4.69, 9.17) is 11.6 Å². The number of nitrogens with one attached hydrogen (secondary N) is 1. The Labute approximate surface area is 194 Å². The van der Waals surface area contributed by atoms with Gasteiger partial charge in [-0.25, -0.2) is 12.9 Å². The molecule has 9 heteroatoms. The van der Waals surface area contributed by atoms with Crippen molar-refractivity contribution in [3.63, 3.8) is 0 Å². The highest BCUT2D eigenvalue weighted by atomic mass is 79.9. The molecule has 0 saturated carbocycles. The first kappa shape index (κ1) is 21.8. The van der Waals surface area contributed by atoms with Crippen molar-refractivity contribution in [1.82, 2.24) is 14.6 Å². The molecule has 0 atom stereocenters. The van der Waals surface area contributed by atoms with Crippen LogP contribution >= 0.6 is 27.5 Å². The van der Waals surface area contributed by atoms with Crippen molar-refractivity contribution in [2.45, 2.75) is 31.1 Å². The summed E-state index contributed by atoms with van der Waals surface area (Å²) in [6.07, 6.45) is 3.36. The van der Waals surface area contributed by atoms with Gasteiger partial charge in [-0.1, -0.05) is 44.5 Å². The quantitative estimate of drug-likeness (QED) is 0.364. The lowest BCUT2D eigenvalue weighted by atomic mass is 9.87.